The first-order valence-corrected chi connectivity index (χ1v) is 3.85. The van der Waals surface area contributed by atoms with E-state index in [1.165, 1.54) is 0 Å². The van der Waals surface area contributed by atoms with E-state index >= 15 is 0 Å². The molecule has 2 heteroatoms. The van der Waals surface area contributed by atoms with Gasteiger partial charge < -0.3 is 0 Å². The molecule has 0 unspecified atom stereocenters. The van der Waals surface area contributed by atoms with Crippen molar-refractivity contribution in [1.82, 2.24) is 5.01 Å². The van der Waals surface area contributed by atoms with Crippen molar-refractivity contribution in [3.63, 3.8) is 0 Å². The SMILES string of the molecule is C=C1c2ccccc2C=NN1C. The quantitative estimate of drug-likeness (QED) is 0.563. The fourth-order valence-corrected chi connectivity index (χ4v) is 1.27. The Labute approximate surface area is 71.8 Å². The first kappa shape index (κ1) is 7.10. The standard InChI is InChI=1S/C10H10N2/c1-8-10-6-4-3-5-9(10)7-11-12(8)2/h3-7H,1H2,2H3. The molecule has 0 amide bonds. The molecule has 1 aromatic carbocycles. The van der Waals surface area contributed by atoms with Crippen molar-refractivity contribution < 1.29 is 0 Å². The number of nitrogens with zero attached hydrogens (tertiary/aromatic N) is 2. The predicted molar refractivity (Wildman–Crippen MR) is 50.8 cm³/mol. The molecule has 0 fully saturated rings. The van der Waals surface area contributed by atoms with E-state index in [1.807, 2.05) is 31.5 Å². The van der Waals surface area contributed by atoms with E-state index in [4.69, 9.17) is 0 Å². The zero-order chi connectivity index (χ0) is 8.55. The van der Waals surface area contributed by atoms with Gasteiger partial charge in [-0.1, -0.05) is 30.8 Å². The van der Waals surface area contributed by atoms with Gasteiger partial charge in [-0.25, -0.2) is 0 Å². The molecule has 1 heterocycles. The van der Waals surface area contributed by atoms with Crippen LogP contribution < -0.4 is 0 Å². The van der Waals surface area contributed by atoms with Gasteiger partial charge in [-0.05, 0) is 0 Å². The number of benzene rings is 1. The lowest BCUT2D eigenvalue weighted by molar-refractivity contribution is 0.516. The lowest BCUT2D eigenvalue weighted by atomic mass is 10.1. The van der Waals surface area contributed by atoms with Crippen LogP contribution in [0.5, 0.6) is 0 Å². The Hall–Kier alpha value is -1.57. The van der Waals surface area contributed by atoms with E-state index in [1.54, 1.807) is 5.01 Å². The summed E-state index contributed by atoms with van der Waals surface area (Å²) < 4.78 is 0. The van der Waals surface area contributed by atoms with Crippen LogP contribution in [0, 0.1) is 0 Å². The predicted octanol–water partition coefficient (Wildman–Crippen LogP) is 1.94. The fraction of sp³-hybridized carbons (Fsp3) is 0.100. The highest BCUT2D eigenvalue weighted by Crippen LogP contribution is 2.22. The van der Waals surface area contributed by atoms with Crippen LogP contribution in [0.3, 0.4) is 0 Å². The molecule has 0 bridgehead atoms. The smallest absolute Gasteiger partial charge is 0.0597 e. The van der Waals surface area contributed by atoms with Crippen molar-refractivity contribution >= 4 is 11.9 Å². The summed E-state index contributed by atoms with van der Waals surface area (Å²) in [4.78, 5) is 0. The molecule has 1 aliphatic heterocycles. The average Bonchev–Trinajstić information content (AvgIpc) is 2.12. The topological polar surface area (TPSA) is 15.6 Å². The molecule has 2 rings (SSSR count). The molecule has 0 saturated carbocycles. The van der Waals surface area contributed by atoms with Crippen LogP contribution in [0.25, 0.3) is 5.70 Å². The van der Waals surface area contributed by atoms with Gasteiger partial charge in [0.1, 0.15) is 0 Å². The normalized spacial score (nSPS) is 14.8. The molecule has 0 spiro atoms. The van der Waals surface area contributed by atoms with Crippen LogP contribution in [0.4, 0.5) is 0 Å². The Morgan fingerprint density at radius 2 is 2.08 bits per heavy atom. The van der Waals surface area contributed by atoms with Crippen molar-refractivity contribution in [3.05, 3.63) is 42.0 Å². The highest BCUT2D eigenvalue weighted by Gasteiger charge is 2.11. The lowest BCUT2D eigenvalue weighted by Crippen LogP contribution is -2.14. The third-order valence-corrected chi connectivity index (χ3v) is 2.03. The van der Waals surface area contributed by atoms with E-state index in [2.05, 4.69) is 17.7 Å². The maximum absolute atomic E-state index is 4.16. The molecule has 0 N–H and O–H groups in total. The molecule has 0 radical (unpaired) electrons. The first-order valence-electron chi connectivity index (χ1n) is 3.85. The number of hydrogen-bond donors (Lipinski definition) is 0. The highest BCUT2D eigenvalue weighted by atomic mass is 15.4. The molecule has 0 atom stereocenters. The molecular weight excluding hydrogens is 148 g/mol. The number of hydrogen-bond acceptors (Lipinski definition) is 2. The largest absolute Gasteiger partial charge is 0.269 e. The minimum Gasteiger partial charge on any atom is -0.269 e. The number of hydrazone groups is 1. The number of fused-ring (bicyclic) bond motifs is 1. The van der Waals surface area contributed by atoms with Crippen LogP contribution in [-0.4, -0.2) is 18.3 Å². The van der Waals surface area contributed by atoms with Crippen LogP contribution in [0.15, 0.2) is 35.9 Å². The summed E-state index contributed by atoms with van der Waals surface area (Å²) in [6, 6.07) is 8.11. The summed E-state index contributed by atoms with van der Waals surface area (Å²) in [5, 5.41) is 5.94. The van der Waals surface area contributed by atoms with Crippen LogP contribution >= 0.6 is 0 Å². The molecule has 2 nitrogen and oxygen atoms in total. The highest BCUT2D eigenvalue weighted by molar-refractivity contribution is 5.90. The lowest BCUT2D eigenvalue weighted by Gasteiger charge is -2.21. The second-order valence-corrected chi connectivity index (χ2v) is 2.80. The fourth-order valence-electron chi connectivity index (χ4n) is 1.27. The van der Waals surface area contributed by atoms with Crippen molar-refractivity contribution in [1.29, 1.82) is 0 Å². The molecule has 0 saturated heterocycles. The van der Waals surface area contributed by atoms with Gasteiger partial charge in [0.25, 0.3) is 0 Å². The first-order chi connectivity index (χ1) is 5.79. The second-order valence-electron chi connectivity index (χ2n) is 2.80. The van der Waals surface area contributed by atoms with Gasteiger partial charge in [0, 0.05) is 18.2 Å². The van der Waals surface area contributed by atoms with E-state index in [0.29, 0.717) is 0 Å². The van der Waals surface area contributed by atoms with Crippen LogP contribution in [0.2, 0.25) is 0 Å². The van der Waals surface area contributed by atoms with E-state index in [9.17, 15) is 0 Å². The summed E-state index contributed by atoms with van der Waals surface area (Å²) in [6.45, 7) is 3.95. The monoisotopic (exact) mass is 158 g/mol. The Morgan fingerprint density at radius 1 is 1.33 bits per heavy atom. The Morgan fingerprint density at radius 3 is 2.92 bits per heavy atom. The minimum absolute atomic E-state index is 0.952. The molecule has 1 aromatic rings. The molecule has 0 aliphatic carbocycles. The van der Waals surface area contributed by atoms with Gasteiger partial charge in [-0.2, -0.15) is 5.10 Å². The maximum Gasteiger partial charge on any atom is 0.0597 e. The van der Waals surface area contributed by atoms with Crippen molar-refractivity contribution in [2.75, 3.05) is 7.05 Å². The van der Waals surface area contributed by atoms with Gasteiger partial charge in [-0.15, -0.1) is 0 Å². The molecular formula is C10H10N2. The van der Waals surface area contributed by atoms with Gasteiger partial charge in [0.2, 0.25) is 0 Å². The Kier molecular flexibility index (Phi) is 1.47. The van der Waals surface area contributed by atoms with Gasteiger partial charge in [0.05, 0.1) is 11.9 Å². The van der Waals surface area contributed by atoms with Gasteiger partial charge >= 0.3 is 0 Å². The van der Waals surface area contributed by atoms with E-state index in [0.717, 1.165) is 16.8 Å². The summed E-state index contributed by atoms with van der Waals surface area (Å²) in [7, 11) is 1.90. The summed E-state index contributed by atoms with van der Waals surface area (Å²) >= 11 is 0. The van der Waals surface area contributed by atoms with Crippen LogP contribution in [-0.2, 0) is 0 Å². The van der Waals surface area contributed by atoms with Gasteiger partial charge in [-0.3, -0.25) is 5.01 Å². The molecule has 60 valence electrons. The Balaban J connectivity index is 2.59. The molecule has 0 aromatic heterocycles. The molecule has 1 aliphatic rings. The van der Waals surface area contributed by atoms with E-state index in [-0.39, 0.29) is 0 Å². The average molecular weight is 158 g/mol. The van der Waals surface area contributed by atoms with Crippen molar-refractivity contribution in [3.8, 4) is 0 Å². The zero-order valence-corrected chi connectivity index (χ0v) is 6.99. The zero-order valence-electron chi connectivity index (χ0n) is 6.99. The van der Waals surface area contributed by atoms with E-state index < -0.39 is 0 Å². The van der Waals surface area contributed by atoms with Crippen molar-refractivity contribution in [2.45, 2.75) is 0 Å². The summed E-state index contributed by atoms with van der Waals surface area (Å²) in [5.74, 6) is 0. The summed E-state index contributed by atoms with van der Waals surface area (Å²) in [5.41, 5.74) is 3.25. The summed E-state index contributed by atoms with van der Waals surface area (Å²) in [6.07, 6.45) is 1.85. The third-order valence-electron chi connectivity index (χ3n) is 2.03. The minimum atomic E-state index is 0.952. The maximum atomic E-state index is 4.16. The number of rotatable bonds is 0. The second kappa shape index (κ2) is 2.48. The Bertz CT molecular complexity index is 353. The van der Waals surface area contributed by atoms with Crippen molar-refractivity contribution in [2.24, 2.45) is 5.10 Å². The van der Waals surface area contributed by atoms with Gasteiger partial charge in [0.15, 0.2) is 0 Å². The molecule has 12 heavy (non-hydrogen) atoms. The third kappa shape index (κ3) is 0.925. The van der Waals surface area contributed by atoms with Crippen LogP contribution in [0.1, 0.15) is 11.1 Å².